The van der Waals surface area contributed by atoms with Crippen molar-refractivity contribution >= 4 is 11.0 Å². The normalized spacial score (nSPS) is 25.2. The van der Waals surface area contributed by atoms with Gasteiger partial charge in [-0.1, -0.05) is 31.5 Å². The Morgan fingerprint density at radius 3 is 2.59 bits per heavy atom. The monoisotopic (exact) mass is 228 g/mol. The van der Waals surface area contributed by atoms with Gasteiger partial charge >= 0.3 is 0 Å². The van der Waals surface area contributed by atoms with Crippen LogP contribution in [0.15, 0.2) is 34.7 Å². The average molecular weight is 228 g/mol. The molecule has 1 aliphatic rings. The zero-order valence-corrected chi connectivity index (χ0v) is 10.5. The molecule has 3 rings (SSSR count). The van der Waals surface area contributed by atoms with E-state index in [0.717, 1.165) is 11.5 Å². The van der Waals surface area contributed by atoms with E-state index in [-0.39, 0.29) is 0 Å². The van der Waals surface area contributed by atoms with Crippen molar-refractivity contribution in [2.45, 2.75) is 44.9 Å². The minimum absolute atomic E-state index is 0.658. The lowest BCUT2D eigenvalue weighted by molar-refractivity contribution is 0.296. The molecule has 0 bridgehead atoms. The molecule has 1 fully saturated rings. The number of hydrogen-bond donors (Lipinski definition) is 0. The van der Waals surface area contributed by atoms with Gasteiger partial charge in [0.25, 0.3) is 0 Å². The Morgan fingerprint density at radius 1 is 1.12 bits per heavy atom. The van der Waals surface area contributed by atoms with Crippen LogP contribution in [0.1, 0.15) is 50.7 Å². The molecule has 0 N–H and O–H groups in total. The molecule has 2 aromatic rings. The molecule has 17 heavy (non-hydrogen) atoms. The highest BCUT2D eigenvalue weighted by atomic mass is 16.3. The molecule has 1 nitrogen and oxygen atoms in total. The maximum Gasteiger partial charge on any atom is 0.134 e. The van der Waals surface area contributed by atoms with Crippen molar-refractivity contribution in [1.29, 1.82) is 0 Å². The molecule has 0 atom stereocenters. The number of fused-ring (bicyclic) bond motifs is 1. The molecule has 1 heterocycles. The summed E-state index contributed by atoms with van der Waals surface area (Å²) in [7, 11) is 0. The van der Waals surface area contributed by atoms with Gasteiger partial charge in [0.1, 0.15) is 11.3 Å². The van der Waals surface area contributed by atoms with Crippen molar-refractivity contribution in [3.8, 4) is 0 Å². The summed E-state index contributed by atoms with van der Waals surface area (Å²) in [6.07, 6.45) is 6.69. The summed E-state index contributed by atoms with van der Waals surface area (Å²) in [5, 5.41) is 1.25. The molecule has 0 amide bonds. The number of benzene rings is 1. The lowest BCUT2D eigenvalue weighted by atomic mass is 9.80. The number of rotatable bonds is 2. The van der Waals surface area contributed by atoms with Crippen molar-refractivity contribution < 1.29 is 4.42 Å². The molecule has 0 aliphatic heterocycles. The van der Waals surface area contributed by atoms with E-state index in [1.165, 1.54) is 43.3 Å². The van der Waals surface area contributed by atoms with Crippen LogP contribution < -0.4 is 0 Å². The van der Waals surface area contributed by atoms with E-state index in [2.05, 4.69) is 31.2 Å². The molecule has 0 spiro atoms. The number of furan rings is 1. The third-order valence-electron chi connectivity index (χ3n) is 4.27. The molecule has 0 unspecified atom stereocenters. The van der Waals surface area contributed by atoms with E-state index >= 15 is 0 Å². The van der Waals surface area contributed by atoms with E-state index in [4.69, 9.17) is 4.42 Å². The Labute approximate surface area is 103 Å². The zero-order valence-electron chi connectivity index (χ0n) is 10.5. The van der Waals surface area contributed by atoms with E-state index in [0.29, 0.717) is 5.92 Å². The van der Waals surface area contributed by atoms with Crippen molar-refractivity contribution in [2.75, 3.05) is 0 Å². The second-order valence-electron chi connectivity index (χ2n) is 5.31. The topological polar surface area (TPSA) is 13.1 Å². The van der Waals surface area contributed by atoms with Crippen LogP contribution in [-0.4, -0.2) is 0 Å². The van der Waals surface area contributed by atoms with E-state index in [1.807, 2.05) is 6.07 Å². The largest absolute Gasteiger partial charge is 0.461 e. The van der Waals surface area contributed by atoms with Crippen LogP contribution in [0.5, 0.6) is 0 Å². The van der Waals surface area contributed by atoms with Gasteiger partial charge in [-0.2, -0.15) is 0 Å². The van der Waals surface area contributed by atoms with Crippen molar-refractivity contribution in [2.24, 2.45) is 5.92 Å². The average Bonchev–Trinajstić information content (AvgIpc) is 2.82. The fourth-order valence-electron chi connectivity index (χ4n) is 3.06. The molecular weight excluding hydrogens is 208 g/mol. The summed E-state index contributed by atoms with van der Waals surface area (Å²) in [5.74, 6) is 2.82. The van der Waals surface area contributed by atoms with Gasteiger partial charge in [0, 0.05) is 11.3 Å². The first-order chi connectivity index (χ1) is 8.36. The summed E-state index contributed by atoms with van der Waals surface area (Å²) < 4.78 is 5.98. The molecule has 90 valence electrons. The molecule has 0 saturated heterocycles. The first-order valence-corrected chi connectivity index (χ1v) is 6.85. The van der Waals surface area contributed by atoms with Crippen LogP contribution in [0, 0.1) is 5.92 Å². The quantitative estimate of drug-likeness (QED) is 0.695. The van der Waals surface area contributed by atoms with Crippen molar-refractivity contribution in [3.05, 3.63) is 36.1 Å². The second kappa shape index (κ2) is 4.56. The smallest absolute Gasteiger partial charge is 0.134 e. The third kappa shape index (κ3) is 2.11. The Balaban J connectivity index is 1.80. The SMILES string of the molecule is CC[C@H]1CC[C@H](c2cc3ccccc3o2)CC1. The predicted octanol–water partition coefficient (Wildman–Crippen LogP) is 5.12. The van der Waals surface area contributed by atoms with Crippen LogP contribution in [0.3, 0.4) is 0 Å². The van der Waals surface area contributed by atoms with Crippen LogP contribution in [0.2, 0.25) is 0 Å². The lowest BCUT2D eigenvalue weighted by Gasteiger charge is -2.26. The minimum Gasteiger partial charge on any atom is -0.461 e. The van der Waals surface area contributed by atoms with Gasteiger partial charge in [0.05, 0.1) is 0 Å². The van der Waals surface area contributed by atoms with Crippen LogP contribution in [-0.2, 0) is 0 Å². The highest BCUT2D eigenvalue weighted by Gasteiger charge is 2.23. The minimum atomic E-state index is 0.658. The first kappa shape index (κ1) is 10.9. The van der Waals surface area contributed by atoms with Gasteiger partial charge in [-0.15, -0.1) is 0 Å². The summed E-state index contributed by atoms with van der Waals surface area (Å²) >= 11 is 0. The number of para-hydroxylation sites is 1. The third-order valence-corrected chi connectivity index (χ3v) is 4.27. The van der Waals surface area contributed by atoms with Crippen LogP contribution in [0.4, 0.5) is 0 Å². The Morgan fingerprint density at radius 2 is 1.88 bits per heavy atom. The molecular formula is C16H20O. The molecule has 1 aromatic carbocycles. The molecule has 0 radical (unpaired) electrons. The van der Waals surface area contributed by atoms with E-state index in [1.54, 1.807) is 0 Å². The number of hydrogen-bond acceptors (Lipinski definition) is 1. The van der Waals surface area contributed by atoms with Gasteiger partial charge in [-0.25, -0.2) is 0 Å². The summed E-state index contributed by atoms with van der Waals surface area (Å²) in [5.41, 5.74) is 1.04. The highest BCUT2D eigenvalue weighted by molar-refractivity contribution is 5.77. The van der Waals surface area contributed by atoms with Gasteiger partial charge in [0.2, 0.25) is 0 Å². The maximum atomic E-state index is 5.98. The van der Waals surface area contributed by atoms with Crippen molar-refractivity contribution in [1.82, 2.24) is 0 Å². The Kier molecular flexibility index (Phi) is 2.92. The Hall–Kier alpha value is -1.24. The highest BCUT2D eigenvalue weighted by Crippen LogP contribution is 2.38. The zero-order chi connectivity index (χ0) is 11.7. The van der Waals surface area contributed by atoms with E-state index in [9.17, 15) is 0 Å². The van der Waals surface area contributed by atoms with Gasteiger partial charge in [0.15, 0.2) is 0 Å². The van der Waals surface area contributed by atoms with Crippen molar-refractivity contribution in [3.63, 3.8) is 0 Å². The van der Waals surface area contributed by atoms with E-state index < -0.39 is 0 Å². The molecule has 1 saturated carbocycles. The standard InChI is InChI=1S/C16H20O/c1-2-12-7-9-13(10-8-12)16-11-14-5-3-4-6-15(14)17-16/h3-6,11-13H,2,7-10H2,1H3/t12-,13-. The maximum absolute atomic E-state index is 5.98. The van der Waals surface area contributed by atoms with Gasteiger partial charge < -0.3 is 4.42 Å². The second-order valence-corrected chi connectivity index (χ2v) is 5.31. The summed E-state index contributed by atoms with van der Waals surface area (Å²) in [4.78, 5) is 0. The van der Waals surface area contributed by atoms with Gasteiger partial charge in [-0.3, -0.25) is 0 Å². The Bertz CT molecular complexity index is 456. The van der Waals surface area contributed by atoms with Gasteiger partial charge in [-0.05, 0) is 43.7 Å². The van der Waals surface area contributed by atoms with Crippen LogP contribution in [0.25, 0.3) is 11.0 Å². The van der Waals surface area contributed by atoms with Crippen LogP contribution >= 0.6 is 0 Å². The molecule has 1 heteroatoms. The fourth-order valence-corrected chi connectivity index (χ4v) is 3.06. The predicted molar refractivity (Wildman–Crippen MR) is 71.2 cm³/mol. The summed E-state index contributed by atoms with van der Waals surface area (Å²) in [6, 6.07) is 10.6. The summed E-state index contributed by atoms with van der Waals surface area (Å²) in [6.45, 7) is 2.31. The molecule has 1 aromatic heterocycles. The fraction of sp³-hybridized carbons (Fsp3) is 0.500. The molecule has 1 aliphatic carbocycles. The lowest BCUT2D eigenvalue weighted by Crippen LogP contribution is -2.11. The first-order valence-electron chi connectivity index (χ1n) is 6.85.